The number of benzene rings is 1. The molecule has 0 saturated heterocycles. The lowest BCUT2D eigenvalue weighted by Crippen LogP contribution is -2.13. The first-order valence-electron chi connectivity index (χ1n) is 6.02. The molecule has 3 heteroatoms. The van der Waals surface area contributed by atoms with Gasteiger partial charge in [0.2, 0.25) is 0 Å². The van der Waals surface area contributed by atoms with Crippen molar-refractivity contribution in [3.63, 3.8) is 0 Å². The van der Waals surface area contributed by atoms with Crippen LogP contribution in [0.25, 0.3) is 0 Å². The van der Waals surface area contributed by atoms with Gasteiger partial charge in [0.05, 0.1) is 11.9 Å². The van der Waals surface area contributed by atoms with E-state index in [-0.39, 0.29) is 0 Å². The lowest BCUT2D eigenvalue weighted by molar-refractivity contribution is 1.10. The number of anilines is 3. The third-order valence-corrected chi connectivity index (χ3v) is 3.27. The summed E-state index contributed by atoms with van der Waals surface area (Å²) in [6.45, 7) is 6.26. The van der Waals surface area contributed by atoms with Crippen LogP contribution in [0.2, 0.25) is 0 Å². The predicted molar refractivity (Wildman–Crippen MR) is 77.4 cm³/mol. The number of hydrogen-bond donors (Lipinski definition) is 1. The summed E-state index contributed by atoms with van der Waals surface area (Å²) in [7, 11) is 2.02. The molecule has 0 atom stereocenters. The molecule has 0 fully saturated rings. The van der Waals surface area contributed by atoms with E-state index in [1.165, 1.54) is 11.1 Å². The number of aryl methyl sites for hydroxylation is 3. The lowest BCUT2D eigenvalue weighted by atomic mass is 10.1. The van der Waals surface area contributed by atoms with Gasteiger partial charge in [-0.25, -0.2) is 4.98 Å². The Hall–Kier alpha value is -2.03. The van der Waals surface area contributed by atoms with Crippen LogP contribution in [0.15, 0.2) is 30.5 Å². The first-order chi connectivity index (χ1) is 8.49. The Balaban J connectivity index is 2.41. The Morgan fingerprint density at radius 1 is 1.00 bits per heavy atom. The summed E-state index contributed by atoms with van der Waals surface area (Å²) in [6, 6.07) is 8.36. The molecule has 2 N–H and O–H groups in total. The third kappa shape index (κ3) is 2.30. The molecule has 0 unspecified atom stereocenters. The van der Waals surface area contributed by atoms with Crippen LogP contribution in [0.3, 0.4) is 0 Å². The molecule has 0 aliphatic rings. The molecule has 0 spiro atoms. The number of nitrogen functional groups attached to an aromatic ring is 1. The zero-order valence-corrected chi connectivity index (χ0v) is 11.4. The summed E-state index contributed by atoms with van der Waals surface area (Å²) >= 11 is 0. The Labute approximate surface area is 108 Å². The standard InChI is InChI=1S/C15H19N3/c1-10-5-6-14(8-11(10)2)18(4)15-12(3)7-13(16)9-17-15/h5-9H,16H2,1-4H3. The highest BCUT2D eigenvalue weighted by atomic mass is 15.2. The van der Waals surface area contributed by atoms with Crippen LogP contribution in [0.1, 0.15) is 16.7 Å². The van der Waals surface area contributed by atoms with Crippen LogP contribution in [-0.2, 0) is 0 Å². The van der Waals surface area contributed by atoms with Crippen molar-refractivity contribution in [3.8, 4) is 0 Å². The largest absolute Gasteiger partial charge is 0.397 e. The SMILES string of the molecule is Cc1ccc(N(C)c2ncc(N)cc2C)cc1C. The van der Waals surface area contributed by atoms with E-state index in [0.717, 1.165) is 17.1 Å². The highest BCUT2D eigenvalue weighted by Crippen LogP contribution is 2.27. The predicted octanol–water partition coefficient (Wildman–Crippen LogP) is 3.36. The van der Waals surface area contributed by atoms with Gasteiger partial charge in [-0.05, 0) is 55.7 Å². The smallest absolute Gasteiger partial charge is 0.135 e. The summed E-state index contributed by atoms with van der Waals surface area (Å²) in [4.78, 5) is 6.49. The van der Waals surface area contributed by atoms with Crippen molar-refractivity contribution in [2.45, 2.75) is 20.8 Å². The van der Waals surface area contributed by atoms with E-state index in [1.807, 2.05) is 20.0 Å². The summed E-state index contributed by atoms with van der Waals surface area (Å²) < 4.78 is 0. The van der Waals surface area contributed by atoms with Crippen molar-refractivity contribution in [1.29, 1.82) is 0 Å². The van der Waals surface area contributed by atoms with Gasteiger partial charge in [-0.3, -0.25) is 0 Å². The summed E-state index contributed by atoms with van der Waals surface area (Å²) in [6.07, 6.45) is 1.69. The molecule has 1 heterocycles. The van der Waals surface area contributed by atoms with E-state index in [4.69, 9.17) is 5.73 Å². The number of hydrogen-bond acceptors (Lipinski definition) is 3. The molecule has 0 radical (unpaired) electrons. The Kier molecular flexibility index (Phi) is 3.24. The minimum atomic E-state index is 0.699. The van der Waals surface area contributed by atoms with E-state index in [9.17, 15) is 0 Å². The van der Waals surface area contributed by atoms with Crippen LogP contribution in [0.5, 0.6) is 0 Å². The van der Waals surface area contributed by atoms with Crippen LogP contribution >= 0.6 is 0 Å². The molecule has 2 aromatic rings. The second-order valence-electron chi connectivity index (χ2n) is 4.74. The van der Waals surface area contributed by atoms with Crippen LogP contribution in [-0.4, -0.2) is 12.0 Å². The zero-order chi connectivity index (χ0) is 13.3. The Morgan fingerprint density at radius 2 is 1.72 bits per heavy atom. The van der Waals surface area contributed by atoms with Gasteiger partial charge in [-0.15, -0.1) is 0 Å². The highest BCUT2D eigenvalue weighted by molar-refractivity contribution is 5.64. The third-order valence-electron chi connectivity index (χ3n) is 3.27. The van der Waals surface area contributed by atoms with Crippen molar-refractivity contribution in [1.82, 2.24) is 4.98 Å². The average Bonchev–Trinajstić information content (AvgIpc) is 2.32. The van der Waals surface area contributed by atoms with Gasteiger partial charge < -0.3 is 10.6 Å². The maximum Gasteiger partial charge on any atom is 0.135 e. The van der Waals surface area contributed by atoms with Crippen molar-refractivity contribution in [2.24, 2.45) is 0 Å². The molecular weight excluding hydrogens is 222 g/mol. The van der Waals surface area contributed by atoms with Crippen molar-refractivity contribution < 1.29 is 0 Å². The van der Waals surface area contributed by atoms with Crippen LogP contribution in [0.4, 0.5) is 17.2 Å². The average molecular weight is 241 g/mol. The summed E-state index contributed by atoms with van der Waals surface area (Å²) in [5, 5.41) is 0. The molecule has 1 aromatic heterocycles. The minimum absolute atomic E-state index is 0.699. The van der Waals surface area contributed by atoms with E-state index in [2.05, 4.69) is 41.9 Å². The fraction of sp³-hybridized carbons (Fsp3) is 0.267. The molecule has 18 heavy (non-hydrogen) atoms. The van der Waals surface area contributed by atoms with Gasteiger partial charge in [0.15, 0.2) is 0 Å². The lowest BCUT2D eigenvalue weighted by Gasteiger charge is -2.21. The quantitative estimate of drug-likeness (QED) is 0.876. The number of nitrogens with two attached hydrogens (primary N) is 1. The molecule has 0 amide bonds. The van der Waals surface area contributed by atoms with Gasteiger partial charge in [0.1, 0.15) is 5.82 Å². The number of pyridine rings is 1. The summed E-state index contributed by atoms with van der Waals surface area (Å²) in [5.74, 6) is 0.937. The number of rotatable bonds is 2. The first-order valence-corrected chi connectivity index (χ1v) is 6.02. The molecule has 0 bridgehead atoms. The van der Waals surface area contributed by atoms with E-state index in [1.54, 1.807) is 6.20 Å². The first kappa shape index (κ1) is 12.4. The van der Waals surface area contributed by atoms with Crippen molar-refractivity contribution in [2.75, 3.05) is 17.7 Å². The molecule has 2 rings (SSSR count). The highest BCUT2D eigenvalue weighted by Gasteiger charge is 2.09. The molecular formula is C15H19N3. The molecule has 0 aliphatic heterocycles. The Bertz CT molecular complexity index is 576. The van der Waals surface area contributed by atoms with Gasteiger partial charge in [-0.2, -0.15) is 0 Å². The molecule has 0 aliphatic carbocycles. The second kappa shape index (κ2) is 4.69. The molecule has 1 aromatic carbocycles. The van der Waals surface area contributed by atoms with E-state index < -0.39 is 0 Å². The minimum Gasteiger partial charge on any atom is -0.397 e. The normalized spacial score (nSPS) is 10.4. The van der Waals surface area contributed by atoms with Gasteiger partial charge in [-0.1, -0.05) is 6.07 Å². The van der Waals surface area contributed by atoms with Crippen molar-refractivity contribution >= 4 is 17.2 Å². The van der Waals surface area contributed by atoms with E-state index in [0.29, 0.717) is 5.69 Å². The maximum atomic E-state index is 5.73. The maximum absolute atomic E-state index is 5.73. The van der Waals surface area contributed by atoms with Crippen LogP contribution < -0.4 is 10.6 Å². The monoisotopic (exact) mass is 241 g/mol. The van der Waals surface area contributed by atoms with Gasteiger partial charge >= 0.3 is 0 Å². The van der Waals surface area contributed by atoms with E-state index >= 15 is 0 Å². The zero-order valence-electron chi connectivity index (χ0n) is 11.4. The fourth-order valence-corrected chi connectivity index (χ4v) is 2.00. The molecule has 0 saturated carbocycles. The fourth-order valence-electron chi connectivity index (χ4n) is 2.00. The second-order valence-corrected chi connectivity index (χ2v) is 4.74. The number of aromatic nitrogens is 1. The van der Waals surface area contributed by atoms with Gasteiger partial charge in [0.25, 0.3) is 0 Å². The summed E-state index contributed by atoms with van der Waals surface area (Å²) in [5.41, 5.74) is 11.2. The van der Waals surface area contributed by atoms with Crippen LogP contribution in [0, 0.1) is 20.8 Å². The molecule has 94 valence electrons. The molecule has 3 nitrogen and oxygen atoms in total. The van der Waals surface area contributed by atoms with Gasteiger partial charge in [0, 0.05) is 12.7 Å². The van der Waals surface area contributed by atoms with Crippen molar-refractivity contribution in [3.05, 3.63) is 47.2 Å². The topological polar surface area (TPSA) is 42.2 Å². The number of nitrogens with zero attached hydrogens (tertiary/aromatic N) is 2. The Morgan fingerprint density at radius 3 is 2.33 bits per heavy atom.